The van der Waals surface area contributed by atoms with Gasteiger partial charge in [-0.1, -0.05) is 53.7 Å². The summed E-state index contributed by atoms with van der Waals surface area (Å²) in [6.07, 6.45) is 1.75. The highest BCUT2D eigenvalue weighted by Gasteiger charge is 2.15. The van der Waals surface area contributed by atoms with Crippen molar-refractivity contribution in [3.8, 4) is 5.69 Å². The maximum atomic E-state index is 13.3. The normalized spacial score (nSPS) is 11.1. The van der Waals surface area contributed by atoms with Crippen molar-refractivity contribution in [2.24, 2.45) is 0 Å². The Morgan fingerprint density at radius 3 is 2.68 bits per heavy atom. The number of aryl methyl sites for hydroxylation is 2. The first kappa shape index (κ1) is 18.7. The Hall–Kier alpha value is -2.63. The van der Waals surface area contributed by atoms with E-state index in [-0.39, 0.29) is 5.56 Å². The molecule has 2 heterocycles. The summed E-state index contributed by atoms with van der Waals surface area (Å²) in [6, 6.07) is 17.3. The molecule has 0 N–H and O–H groups in total. The molecule has 6 heteroatoms. The van der Waals surface area contributed by atoms with Crippen molar-refractivity contribution in [3.63, 3.8) is 0 Å². The Balaban J connectivity index is 1.87. The van der Waals surface area contributed by atoms with Crippen molar-refractivity contribution in [1.82, 2.24) is 14.5 Å². The molecule has 28 heavy (non-hydrogen) atoms. The van der Waals surface area contributed by atoms with Crippen LogP contribution in [0.1, 0.15) is 16.7 Å². The van der Waals surface area contributed by atoms with Gasteiger partial charge in [-0.3, -0.25) is 9.36 Å². The minimum absolute atomic E-state index is 0.0592. The first-order valence-electron chi connectivity index (χ1n) is 8.85. The first-order valence-corrected chi connectivity index (χ1v) is 10.2. The third-order valence-electron chi connectivity index (χ3n) is 4.51. The molecule has 0 saturated heterocycles. The van der Waals surface area contributed by atoms with E-state index < -0.39 is 0 Å². The summed E-state index contributed by atoms with van der Waals surface area (Å²) in [5.74, 6) is 0.639. The number of thioether (sulfide) groups is 1. The number of para-hydroxylation sites is 1. The Morgan fingerprint density at radius 2 is 1.89 bits per heavy atom. The highest BCUT2D eigenvalue weighted by Crippen LogP contribution is 2.26. The van der Waals surface area contributed by atoms with Crippen molar-refractivity contribution < 1.29 is 0 Å². The first-order chi connectivity index (χ1) is 13.5. The molecule has 0 radical (unpaired) electrons. The average Bonchev–Trinajstić information content (AvgIpc) is 2.70. The summed E-state index contributed by atoms with van der Waals surface area (Å²) >= 11 is 7.39. The van der Waals surface area contributed by atoms with E-state index in [0.29, 0.717) is 27.0 Å². The second-order valence-electron chi connectivity index (χ2n) is 6.62. The van der Waals surface area contributed by atoms with Gasteiger partial charge in [-0.25, -0.2) is 9.97 Å². The zero-order chi connectivity index (χ0) is 19.7. The molecule has 0 aliphatic rings. The molecule has 0 spiro atoms. The second kappa shape index (κ2) is 7.78. The minimum Gasteiger partial charge on any atom is -0.268 e. The summed E-state index contributed by atoms with van der Waals surface area (Å²) in [5, 5.41) is 1.73. The van der Waals surface area contributed by atoms with Gasteiger partial charge in [0.05, 0.1) is 16.6 Å². The number of hydrogen-bond acceptors (Lipinski definition) is 4. The average molecular weight is 408 g/mol. The van der Waals surface area contributed by atoms with E-state index in [0.717, 1.165) is 22.4 Å². The molecule has 0 aliphatic carbocycles. The molecule has 2 aromatic heterocycles. The van der Waals surface area contributed by atoms with Crippen LogP contribution in [0.25, 0.3) is 16.6 Å². The molecular formula is C22H18ClN3OS. The quantitative estimate of drug-likeness (QED) is 0.260. The number of aromatic nitrogens is 3. The Labute approximate surface area is 172 Å². The van der Waals surface area contributed by atoms with Gasteiger partial charge in [-0.2, -0.15) is 0 Å². The molecule has 0 amide bonds. The predicted octanol–water partition coefficient (Wildman–Crippen LogP) is 5.34. The largest absolute Gasteiger partial charge is 0.268 e. The minimum atomic E-state index is -0.0592. The van der Waals surface area contributed by atoms with Gasteiger partial charge in [-0.05, 0) is 54.8 Å². The van der Waals surface area contributed by atoms with E-state index in [2.05, 4.69) is 4.98 Å². The highest BCUT2D eigenvalue weighted by atomic mass is 35.5. The van der Waals surface area contributed by atoms with Crippen LogP contribution in [0, 0.1) is 13.8 Å². The molecule has 0 bridgehead atoms. The SMILES string of the molecule is Cc1ccc(C)c(-n2c(SCc3ccc(Cl)nc3)nc3ccccc3c2=O)c1. The number of benzene rings is 2. The molecular weight excluding hydrogens is 390 g/mol. The van der Waals surface area contributed by atoms with Gasteiger partial charge in [0.25, 0.3) is 5.56 Å². The molecule has 0 aliphatic heterocycles. The summed E-state index contributed by atoms with van der Waals surface area (Å²) in [5.41, 5.74) is 4.64. The van der Waals surface area contributed by atoms with E-state index in [1.807, 2.05) is 62.4 Å². The van der Waals surface area contributed by atoms with Crippen molar-refractivity contribution >= 4 is 34.3 Å². The molecule has 4 nitrogen and oxygen atoms in total. The van der Waals surface area contributed by atoms with Crippen LogP contribution in [-0.2, 0) is 5.75 Å². The summed E-state index contributed by atoms with van der Waals surface area (Å²) in [4.78, 5) is 22.3. The molecule has 0 unspecified atom stereocenters. The number of fused-ring (bicyclic) bond motifs is 1. The van der Waals surface area contributed by atoms with Gasteiger partial charge in [0.15, 0.2) is 5.16 Å². The molecule has 2 aromatic carbocycles. The lowest BCUT2D eigenvalue weighted by Crippen LogP contribution is -2.22. The number of halogens is 1. The lowest BCUT2D eigenvalue weighted by molar-refractivity contribution is 0.813. The van der Waals surface area contributed by atoms with Crippen LogP contribution >= 0.6 is 23.4 Å². The molecule has 4 aromatic rings. The van der Waals surface area contributed by atoms with Crippen molar-refractivity contribution in [2.45, 2.75) is 24.8 Å². The van der Waals surface area contributed by atoms with Gasteiger partial charge < -0.3 is 0 Å². The van der Waals surface area contributed by atoms with Crippen LogP contribution in [0.3, 0.4) is 0 Å². The van der Waals surface area contributed by atoms with E-state index in [1.165, 1.54) is 11.8 Å². The standard InChI is InChI=1S/C22H18ClN3OS/c1-14-7-8-15(2)19(11-14)26-21(27)17-5-3-4-6-18(17)25-22(26)28-13-16-9-10-20(23)24-12-16/h3-12H,13H2,1-2H3. The fourth-order valence-corrected chi connectivity index (χ4v) is 4.07. The second-order valence-corrected chi connectivity index (χ2v) is 7.95. The zero-order valence-corrected chi connectivity index (χ0v) is 17.1. The lowest BCUT2D eigenvalue weighted by Gasteiger charge is -2.15. The van der Waals surface area contributed by atoms with Gasteiger partial charge in [-0.15, -0.1) is 0 Å². The van der Waals surface area contributed by atoms with Crippen molar-refractivity contribution in [2.75, 3.05) is 0 Å². The molecule has 4 rings (SSSR count). The van der Waals surface area contributed by atoms with Crippen LogP contribution in [0.15, 0.2) is 70.7 Å². The van der Waals surface area contributed by atoms with E-state index >= 15 is 0 Å². The topological polar surface area (TPSA) is 47.8 Å². The zero-order valence-electron chi connectivity index (χ0n) is 15.5. The van der Waals surface area contributed by atoms with Gasteiger partial charge in [0, 0.05) is 11.9 Å². The lowest BCUT2D eigenvalue weighted by atomic mass is 10.1. The van der Waals surface area contributed by atoms with Crippen molar-refractivity contribution in [1.29, 1.82) is 0 Å². The summed E-state index contributed by atoms with van der Waals surface area (Å²) in [6.45, 7) is 4.03. The number of rotatable bonds is 4. The predicted molar refractivity (Wildman–Crippen MR) is 116 cm³/mol. The number of pyridine rings is 1. The maximum Gasteiger partial charge on any atom is 0.266 e. The number of nitrogens with zero attached hydrogens (tertiary/aromatic N) is 3. The Morgan fingerprint density at radius 1 is 1.07 bits per heavy atom. The third kappa shape index (κ3) is 3.68. The number of hydrogen-bond donors (Lipinski definition) is 0. The van der Waals surface area contributed by atoms with Crippen LogP contribution < -0.4 is 5.56 Å². The summed E-state index contributed by atoms with van der Waals surface area (Å²) in [7, 11) is 0. The van der Waals surface area contributed by atoms with Gasteiger partial charge >= 0.3 is 0 Å². The van der Waals surface area contributed by atoms with Gasteiger partial charge in [0.1, 0.15) is 5.15 Å². The Kier molecular flexibility index (Phi) is 5.20. The van der Waals surface area contributed by atoms with Crippen molar-refractivity contribution in [3.05, 3.63) is 93.0 Å². The molecule has 140 valence electrons. The van der Waals surface area contributed by atoms with E-state index in [1.54, 1.807) is 16.8 Å². The van der Waals surface area contributed by atoms with E-state index in [9.17, 15) is 4.79 Å². The maximum absolute atomic E-state index is 13.3. The smallest absolute Gasteiger partial charge is 0.266 e. The molecule has 0 atom stereocenters. The fourth-order valence-electron chi connectivity index (χ4n) is 3.02. The van der Waals surface area contributed by atoms with E-state index in [4.69, 9.17) is 16.6 Å². The summed E-state index contributed by atoms with van der Waals surface area (Å²) < 4.78 is 1.72. The van der Waals surface area contributed by atoms with Gasteiger partial charge in [0.2, 0.25) is 0 Å². The molecule has 0 saturated carbocycles. The fraction of sp³-hybridized carbons (Fsp3) is 0.136. The highest BCUT2D eigenvalue weighted by molar-refractivity contribution is 7.98. The van der Waals surface area contributed by atoms with Crippen LogP contribution in [-0.4, -0.2) is 14.5 Å². The van der Waals surface area contributed by atoms with Crippen LogP contribution in [0.4, 0.5) is 0 Å². The third-order valence-corrected chi connectivity index (χ3v) is 5.74. The molecule has 0 fully saturated rings. The van der Waals surface area contributed by atoms with Crippen LogP contribution in [0.2, 0.25) is 5.15 Å². The monoisotopic (exact) mass is 407 g/mol. The Bertz CT molecular complexity index is 1220. The van der Waals surface area contributed by atoms with Crippen LogP contribution in [0.5, 0.6) is 0 Å².